The summed E-state index contributed by atoms with van der Waals surface area (Å²) in [6.45, 7) is 5.65. The molecular formula is C16H21NO4S. The number of carboxylic acids is 1. The number of hydrogen-bond acceptors (Lipinski definition) is 4. The molecule has 0 bridgehead atoms. The SMILES string of the molecule is CCCCC(C)c1c(C)cc(C(=O)O)c(C#N)c1S(C)(=O)=O. The summed E-state index contributed by atoms with van der Waals surface area (Å²) in [4.78, 5) is 11.2. The topological polar surface area (TPSA) is 95.2 Å². The number of aromatic carboxylic acids is 1. The van der Waals surface area contributed by atoms with Crippen LogP contribution in [0.2, 0.25) is 0 Å². The Morgan fingerprint density at radius 2 is 2.05 bits per heavy atom. The van der Waals surface area contributed by atoms with Gasteiger partial charge in [0, 0.05) is 6.26 Å². The fourth-order valence-corrected chi connectivity index (χ4v) is 4.02. The van der Waals surface area contributed by atoms with E-state index in [4.69, 9.17) is 0 Å². The van der Waals surface area contributed by atoms with Crippen molar-refractivity contribution in [2.75, 3.05) is 6.26 Å². The van der Waals surface area contributed by atoms with Crippen LogP contribution in [-0.2, 0) is 9.84 Å². The van der Waals surface area contributed by atoms with Crippen LogP contribution in [0.4, 0.5) is 0 Å². The minimum atomic E-state index is -3.71. The molecule has 0 aromatic heterocycles. The van der Waals surface area contributed by atoms with E-state index in [0.717, 1.165) is 25.5 Å². The number of nitrogens with zero attached hydrogens (tertiary/aromatic N) is 1. The first-order valence-corrected chi connectivity index (χ1v) is 9.05. The highest BCUT2D eigenvalue weighted by atomic mass is 32.2. The molecule has 0 heterocycles. The zero-order valence-corrected chi connectivity index (χ0v) is 14.1. The molecule has 0 spiro atoms. The Balaban J connectivity index is 3.78. The molecule has 1 N–H and O–H groups in total. The molecule has 1 atom stereocenters. The van der Waals surface area contributed by atoms with Crippen molar-refractivity contribution in [1.29, 1.82) is 5.26 Å². The summed E-state index contributed by atoms with van der Waals surface area (Å²) < 4.78 is 24.4. The smallest absolute Gasteiger partial charge is 0.337 e. The number of hydrogen-bond donors (Lipinski definition) is 1. The van der Waals surface area contributed by atoms with Gasteiger partial charge in [0.25, 0.3) is 0 Å². The molecule has 0 fully saturated rings. The Morgan fingerprint density at radius 1 is 1.45 bits per heavy atom. The maximum absolute atomic E-state index is 12.2. The fraction of sp³-hybridized carbons (Fsp3) is 0.500. The van der Waals surface area contributed by atoms with Crippen LogP contribution in [0.25, 0.3) is 0 Å². The molecular weight excluding hydrogens is 302 g/mol. The number of nitriles is 1. The first-order valence-electron chi connectivity index (χ1n) is 7.16. The Bertz CT molecular complexity index is 729. The van der Waals surface area contributed by atoms with Crippen molar-refractivity contribution in [3.63, 3.8) is 0 Å². The molecule has 6 heteroatoms. The molecule has 0 aliphatic rings. The van der Waals surface area contributed by atoms with Gasteiger partial charge in [-0.1, -0.05) is 26.7 Å². The van der Waals surface area contributed by atoms with E-state index in [2.05, 4.69) is 0 Å². The minimum absolute atomic E-state index is 0.0559. The Kier molecular flexibility index (Phi) is 5.72. The number of carbonyl (C=O) groups is 1. The van der Waals surface area contributed by atoms with Crippen LogP contribution in [0.15, 0.2) is 11.0 Å². The van der Waals surface area contributed by atoms with Crippen molar-refractivity contribution in [3.05, 3.63) is 28.3 Å². The molecule has 0 saturated carbocycles. The van der Waals surface area contributed by atoms with E-state index < -0.39 is 15.8 Å². The van der Waals surface area contributed by atoms with Crippen LogP contribution in [-0.4, -0.2) is 25.7 Å². The van der Waals surface area contributed by atoms with Gasteiger partial charge in [0.05, 0.1) is 16.0 Å². The van der Waals surface area contributed by atoms with Crippen molar-refractivity contribution < 1.29 is 18.3 Å². The monoisotopic (exact) mass is 323 g/mol. The van der Waals surface area contributed by atoms with Crippen molar-refractivity contribution >= 4 is 15.8 Å². The highest BCUT2D eigenvalue weighted by Crippen LogP contribution is 2.35. The lowest BCUT2D eigenvalue weighted by Gasteiger charge is -2.20. The maximum Gasteiger partial charge on any atom is 0.337 e. The van der Waals surface area contributed by atoms with E-state index >= 15 is 0 Å². The summed E-state index contributed by atoms with van der Waals surface area (Å²) in [5.74, 6) is -1.35. The van der Waals surface area contributed by atoms with Crippen LogP contribution in [0.1, 0.15) is 66.1 Å². The van der Waals surface area contributed by atoms with Crippen LogP contribution in [0, 0.1) is 18.3 Å². The summed E-state index contributed by atoms with van der Waals surface area (Å²) in [5.41, 5.74) is 0.642. The van der Waals surface area contributed by atoms with Crippen LogP contribution in [0.3, 0.4) is 0 Å². The number of sulfone groups is 1. The first-order chi connectivity index (χ1) is 10.1. The number of carboxylic acid groups (broad SMARTS) is 1. The van der Waals surface area contributed by atoms with E-state index in [1.807, 2.05) is 13.8 Å². The zero-order valence-electron chi connectivity index (χ0n) is 13.3. The number of unbranched alkanes of at least 4 members (excludes halogenated alkanes) is 1. The molecule has 1 aromatic rings. The second kappa shape index (κ2) is 6.93. The van der Waals surface area contributed by atoms with Gasteiger partial charge in [-0.25, -0.2) is 13.2 Å². The van der Waals surface area contributed by atoms with Crippen molar-refractivity contribution in [3.8, 4) is 6.07 Å². The fourth-order valence-electron chi connectivity index (χ4n) is 2.73. The summed E-state index contributed by atoms with van der Waals surface area (Å²) in [6.07, 6.45) is 3.73. The molecule has 0 aliphatic heterocycles. The van der Waals surface area contributed by atoms with Crippen LogP contribution >= 0.6 is 0 Å². The number of rotatable bonds is 6. The lowest BCUT2D eigenvalue weighted by Crippen LogP contribution is -2.14. The van der Waals surface area contributed by atoms with E-state index in [-0.39, 0.29) is 21.9 Å². The highest BCUT2D eigenvalue weighted by Gasteiger charge is 2.28. The summed E-state index contributed by atoms with van der Waals surface area (Å²) in [6, 6.07) is 3.17. The van der Waals surface area contributed by atoms with Crippen molar-refractivity contribution in [2.45, 2.75) is 50.8 Å². The maximum atomic E-state index is 12.2. The third-order valence-corrected chi connectivity index (χ3v) is 4.89. The molecule has 120 valence electrons. The van der Waals surface area contributed by atoms with Crippen molar-refractivity contribution in [1.82, 2.24) is 0 Å². The molecule has 0 aliphatic carbocycles. The molecule has 1 aromatic carbocycles. The molecule has 22 heavy (non-hydrogen) atoms. The average molecular weight is 323 g/mol. The average Bonchev–Trinajstić information content (AvgIpc) is 2.42. The van der Waals surface area contributed by atoms with E-state index in [0.29, 0.717) is 11.1 Å². The van der Waals surface area contributed by atoms with Crippen LogP contribution in [0.5, 0.6) is 0 Å². The van der Waals surface area contributed by atoms with Gasteiger partial charge in [-0.3, -0.25) is 0 Å². The molecule has 1 unspecified atom stereocenters. The quantitative estimate of drug-likeness (QED) is 0.867. The Morgan fingerprint density at radius 3 is 2.45 bits per heavy atom. The summed E-state index contributed by atoms with van der Waals surface area (Å²) in [7, 11) is -3.71. The third kappa shape index (κ3) is 3.66. The minimum Gasteiger partial charge on any atom is -0.478 e. The van der Waals surface area contributed by atoms with E-state index in [1.165, 1.54) is 6.07 Å². The molecule has 0 saturated heterocycles. The van der Waals surface area contributed by atoms with Gasteiger partial charge in [-0.15, -0.1) is 0 Å². The predicted octanol–water partition coefficient (Wildman–Crippen LogP) is 3.26. The summed E-state index contributed by atoms with van der Waals surface area (Å²) in [5, 5.41) is 18.5. The zero-order chi connectivity index (χ0) is 17.1. The van der Waals surface area contributed by atoms with Gasteiger partial charge in [0.1, 0.15) is 6.07 Å². The summed E-state index contributed by atoms with van der Waals surface area (Å²) >= 11 is 0. The normalized spacial score (nSPS) is 12.7. The standard InChI is InChI=1S/C16H21NO4S/c1-5-6-7-10(2)14-11(3)8-12(16(18)19)13(9-17)15(14)22(4,20)21/h8,10H,5-7H2,1-4H3,(H,18,19). The number of benzene rings is 1. The van der Waals surface area contributed by atoms with Gasteiger partial charge in [0.15, 0.2) is 9.84 Å². The second-order valence-electron chi connectivity index (χ2n) is 5.59. The van der Waals surface area contributed by atoms with Gasteiger partial charge < -0.3 is 5.11 Å². The van der Waals surface area contributed by atoms with Gasteiger partial charge in [-0.05, 0) is 36.5 Å². The largest absolute Gasteiger partial charge is 0.478 e. The number of aryl methyl sites for hydroxylation is 1. The van der Waals surface area contributed by atoms with Gasteiger partial charge in [-0.2, -0.15) is 5.26 Å². The van der Waals surface area contributed by atoms with Gasteiger partial charge in [0.2, 0.25) is 0 Å². The molecule has 0 radical (unpaired) electrons. The Labute approximate surface area is 131 Å². The first kappa shape index (κ1) is 18.2. The predicted molar refractivity (Wildman–Crippen MR) is 83.9 cm³/mol. The lowest BCUT2D eigenvalue weighted by atomic mass is 9.88. The molecule has 0 amide bonds. The third-order valence-electron chi connectivity index (χ3n) is 3.72. The van der Waals surface area contributed by atoms with E-state index in [1.54, 1.807) is 13.0 Å². The van der Waals surface area contributed by atoms with E-state index in [9.17, 15) is 23.6 Å². The lowest BCUT2D eigenvalue weighted by molar-refractivity contribution is 0.0696. The van der Waals surface area contributed by atoms with Crippen molar-refractivity contribution in [2.24, 2.45) is 0 Å². The molecule has 5 nitrogen and oxygen atoms in total. The molecule has 1 rings (SSSR count). The Hall–Kier alpha value is -1.87. The van der Waals surface area contributed by atoms with Gasteiger partial charge >= 0.3 is 5.97 Å². The van der Waals surface area contributed by atoms with Crippen LogP contribution < -0.4 is 0 Å². The highest BCUT2D eigenvalue weighted by molar-refractivity contribution is 7.90. The second-order valence-corrected chi connectivity index (χ2v) is 7.54.